The zero-order valence-electron chi connectivity index (χ0n) is 14.1. The van der Waals surface area contributed by atoms with Crippen LogP contribution in [0.25, 0.3) is 11.0 Å². The third-order valence-corrected chi connectivity index (χ3v) is 5.46. The first-order valence-electron chi connectivity index (χ1n) is 8.16. The molecule has 0 atom stereocenters. The average Bonchev–Trinajstić information content (AvgIpc) is 2.61. The quantitative estimate of drug-likeness (QED) is 0.454. The van der Waals surface area contributed by atoms with E-state index in [0.29, 0.717) is 11.8 Å². The van der Waals surface area contributed by atoms with Gasteiger partial charge in [-0.25, -0.2) is 4.79 Å². The van der Waals surface area contributed by atoms with Crippen LogP contribution in [-0.2, 0) is 16.5 Å². The normalized spacial score (nSPS) is 11.6. The highest BCUT2D eigenvalue weighted by atomic mass is 35.5. The Bertz CT molecular complexity index is 1090. The molecule has 0 fully saturated rings. The van der Waals surface area contributed by atoms with E-state index in [0.717, 1.165) is 18.4 Å². The largest absolute Gasteiger partial charge is 0.423 e. The predicted molar refractivity (Wildman–Crippen MR) is 100 cm³/mol. The fourth-order valence-corrected chi connectivity index (χ4v) is 3.83. The lowest BCUT2D eigenvalue weighted by Crippen LogP contribution is -2.10. The molecular formula is C19H17ClO5S. The Morgan fingerprint density at radius 2 is 1.85 bits per heavy atom. The minimum absolute atomic E-state index is 0.00862. The van der Waals surface area contributed by atoms with Crippen LogP contribution >= 0.6 is 11.6 Å². The van der Waals surface area contributed by atoms with E-state index in [4.69, 9.17) is 20.2 Å². The molecule has 0 unspecified atom stereocenters. The van der Waals surface area contributed by atoms with E-state index in [-0.39, 0.29) is 21.3 Å². The minimum atomic E-state index is -4.04. The number of benzene rings is 2. The van der Waals surface area contributed by atoms with Gasteiger partial charge in [0.15, 0.2) is 5.75 Å². The van der Waals surface area contributed by atoms with Crippen molar-refractivity contribution in [3.05, 3.63) is 69.5 Å². The standard InChI is InChI=1S/C19H17ClO5S/c1-2-3-7-13-10-19(21)24-17-12-18(16(20)11-15(13)17)25-26(22,23)14-8-5-4-6-9-14/h4-6,8-12H,2-3,7H2,1H3. The zero-order chi connectivity index (χ0) is 18.7. The molecule has 0 N–H and O–H groups in total. The Hall–Kier alpha value is -2.31. The third kappa shape index (κ3) is 3.92. The summed E-state index contributed by atoms with van der Waals surface area (Å²) < 4.78 is 35.2. The summed E-state index contributed by atoms with van der Waals surface area (Å²) in [6, 6.07) is 12.1. The first kappa shape index (κ1) is 18.5. The summed E-state index contributed by atoms with van der Waals surface area (Å²) in [6.45, 7) is 2.06. The number of unbranched alkanes of at least 4 members (excludes halogenated alkanes) is 1. The maximum atomic E-state index is 12.4. The molecule has 136 valence electrons. The van der Waals surface area contributed by atoms with Crippen molar-refractivity contribution in [1.29, 1.82) is 0 Å². The zero-order valence-corrected chi connectivity index (χ0v) is 15.6. The molecule has 26 heavy (non-hydrogen) atoms. The molecule has 0 amide bonds. The Labute approximate surface area is 156 Å². The summed E-state index contributed by atoms with van der Waals surface area (Å²) >= 11 is 6.23. The second kappa shape index (κ2) is 7.51. The van der Waals surface area contributed by atoms with Gasteiger partial charge in [0.25, 0.3) is 0 Å². The first-order valence-corrected chi connectivity index (χ1v) is 9.95. The topological polar surface area (TPSA) is 73.6 Å². The van der Waals surface area contributed by atoms with Gasteiger partial charge in [0.05, 0.1) is 5.02 Å². The number of halogens is 1. The Morgan fingerprint density at radius 1 is 1.12 bits per heavy atom. The molecule has 0 aliphatic carbocycles. The van der Waals surface area contributed by atoms with Crippen molar-refractivity contribution in [2.75, 3.05) is 0 Å². The van der Waals surface area contributed by atoms with Crippen molar-refractivity contribution in [3.63, 3.8) is 0 Å². The van der Waals surface area contributed by atoms with Crippen LogP contribution in [0.5, 0.6) is 5.75 Å². The lowest BCUT2D eigenvalue weighted by Gasteiger charge is -2.11. The lowest BCUT2D eigenvalue weighted by atomic mass is 10.0. The van der Waals surface area contributed by atoms with E-state index in [2.05, 4.69) is 6.92 Å². The van der Waals surface area contributed by atoms with Gasteiger partial charge in [-0.1, -0.05) is 43.1 Å². The molecule has 0 spiro atoms. The summed E-state index contributed by atoms with van der Waals surface area (Å²) in [5.41, 5.74) is 0.562. The van der Waals surface area contributed by atoms with Crippen molar-refractivity contribution in [2.24, 2.45) is 0 Å². The van der Waals surface area contributed by atoms with Gasteiger partial charge in [-0.3, -0.25) is 0 Å². The van der Waals surface area contributed by atoms with E-state index in [1.807, 2.05) is 0 Å². The molecule has 0 bridgehead atoms. The Kier molecular flexibility index (Phi) is 5.34. The van der Waals surface area contributed by atoms with Crippen LogP contribution in [0.15, 0.2) is 62.6 Å². The van der Waals surface area contributed by atoms with Crippen LogP contribution in [0.4, 0.5) is 0 Å². The fraction of sp³-hybridized carbons (Fsp3) is 0.211. The molecule has 3 aromatic rings. The number of fused-ring (bicyclic) bond motifs is 1. The number of aryl methyl sites for hydroxylation is 1. The molecule has 3 rings (SSSR count). The first-order chi connectivity index (χ1) is 12.4. The molecule has 1 heterocycles. The molecular weight excluding hydrogens is 376 g/mol. The highest BCUT2D eigenvalue weighted by Gasteiger charge is 2.19. The van der Waals surface area contributed by atoms with Crippen molar-refractivity contribution < 1.29 is 17.0 Å². The molecule has 0 saturated carbocycles. The van der Waals surface area contributed by atoms with E-state index < -0.39 is 15.7 Å². The molecule has 0 aliphatic heterocycles. The summed E-state index contributed by atoms with van der Waals surface area (Å²) in [6.07, 6.45) is 2.60. The maximum Gasteiger partial charge on any atom is 0.339 e. The molecule has 1 aromatic heterocycles. The Balaban J connectivity index is 2.05. The van der Waals surface area contributed by atoms with Crippen molar-refractivity contribution >= 4 is 32.7 Å². The number of hydrogen-bond donors (Lipinski definition) is 0. The second-order valence-corrected chi connectivity index (χ2v) is 7.78. The average molecular weight is 393 g/mol. The van der Waals surface area contributed by atoms with E-state index in [1.54, 1.807) is 24.3 Å². The second-order valence-electron chi connectivity index (χ2n) is 5.82. The van der Waals surface area contributed by atoms with Crippen LogP contribution in [0.3, 0.4) is 0 Å². The molecule has 0 radical (unpaired) electrons. The van der Waals surface area contributed by atoms with Gasteiger partial charge in [-0.05, 0) is 36.6 Å². The smallest absolute Gasteiger partial charge is 0.339 e. The van der Waals surface area contributed by atoms with Gasteiger partial charge >= 0.3 is 15.7 Å². The molecule has 5 nitrogen and oxygen atoms in total. The van der Waals surface area contributed by atoms with Crippen LogP contribution in [-0.4, -0.2) is 8.42 Å². The lowest BCUT2D eigenvalue weighted by molar-refractivity contribution is 0.485. The molecule has 2 aromatic carbocycles. The summed E-state index contributed by atoms with van der Waals surface area (Å²) in [5.74, 6) is -0.0844. The Morgan fingerprint density at radius 3 is 2.54 bits per heavy atom. The van der Waals surface area contributed by atoms with Crippen molar-refractivity contribution in [2.45, 2.75) is 31.1 Å². The summed E-state index contributed by atoms with van der Waals surface area (Å²) in [5, 5.41) is 0.802. The van der Waals surface area contributed by atoms with Gasteiger partial charge in [-0.2, -0.15) is 8.42 Å². The maximum absolute atomic E-state index is 12.4. The van der Waals surface area contributed by atoms with Crippen LogP contribution in [0.1, 0.15) is 25.3 Å². The van der Waals surface area contributed by atoms with Crippen LogP contribution in [0, 0.1) is 0 Å². The highest BCUT2D eigenvalue weighted by molar-refractivity contribution is 7.87. The van der Waals surface area contributed by atoms with Crippen molar-refractivity contribution in [1.82, 2.24) is 0 Å². The minimum Gasteiger partial charge on any atom is -0.423 e. The van der Waals surface area contributed by atoms with Gasteiger partial charge in [0, 0.05) is 17.5 Å². The van der Waals surface area contributed by atoms with E-state index in [1.165, 1.54) is 24.3 Å². The predicted octanol–water partition coefficient (Wildman–Crippen LogP) is 4.56. The fourth-order valence-electron chi connectivity index (χ4n) is 2.62. The van der Waals surface area contributed by atoms with Gasteiger partial charge in [-0.15, -0.1) is 0 Å². The van der Waals surface area contributed by atoms with Crippen molar-refractivity contribution in [3.8, 4) is 5.75 Å². The molecule has 0 saturated heterocycles. The molecule has 0 aliphatic rings. The summed E-state index contributed by atoms with van der Waals surface area (Å²) in [7, 11) is -4.04. The van der Waals surface area contributed by atoms with Gasteiger partial charge in [0.1, 0.15) is 10.5 Å². The summed E-state index contributed by atoms with van der Waals surface area (Å²) in [4.78, 5) is 11.8. The highest BCUT2D eigenvalue weighted by Crippen LogP contribution is 2.33. The van der Waals surface area contributed by atoms with E-state index >= 15 is 0 Å². The van der Waals surface area contributed by atoms with Gasteiger partial charge in [0.2, 0.25) is 0 Å². The third-order valence-electron chi connectivity index (χ3n) is 3.91. The molecule has 7 heteroatoms. The monoisotopic (exact) mass is 392 g/mol. The SMILES string of the molecule is CCCCc1cc(=O)oc2cc(OS(=O)(=O)c3ccccc3)c(Cl)cc12. The van der Waals surface area contributed by atoms with Crippen LogP contribution in [0.2, 0.25) is 5.02 Å². The van der Waals surface area contributed by atoms with Crippen LogP contribution < -0.4 is 9.81 Å². The van der Waals surface area contributed by atoms with Gasteiger partial charge < -0.3 is 8.60 Å². The van der Waals surface area contributed by atoms with E-state index in [9.17, 15) is 13.2 Å². The number of hydrogen-bond acceptors (Lipinski definition) is 5. The number of rotatable bonds is 6.